The lowest BCUT2D eigenvalue weighted by molar-refractivity contribution is -0.121. The van der Waals surface area contributed by atoms with Crippen LogP contribution in [0.4, 0.5) is 0 Å². The third-order valence-electron chi connectivity index (χ3n) is 5.42. The number of hydrogen-bond acceptors (Lipinski definition) is 6. The van der Waals surface area contributed by atoms with Gasteiger partial charge in [0.1, 0.15) is 0 Å². The minimum Gasteiger partial charge on any atom is -0.352 e. The van der Waals surface area contributed by atoms with E-state index in [4.69, 9.17) is 4.52 Å². The highest BCUT2D eigenvalue weighted by molar-refractivity contribution is 5.75. The maximum Gasteiger partial charge on any atom is 0.226 e. The van der Waals surface area contributed by atoms with E-state index in [-0.39, 0.29) is 11.3 Å². The molecule has 1 amide bonds. The first-order valence-electron chi connectivity index (χ1n) is 10.9. The number of amides is 1. The molecule has 2 aromatic rings. The van der Waals surface area contributed by atoms with Crippen LogP contribution in [0.2, 0.25) is 0 Å². The van der Waals surface area contributed by atoms with Crippen molar-refractivity contribution in [2.45, 2.75) is 58.5 Å². The summed E-state index contributed by atoms with van der Waals surface area (Å²) < 4.78 is 5.28. The Bertz CT molecular complexity index is 819. The van der Waals surface area contributed by atoms with Crippen LogP contribution in [0.1, 0.15) is 56.5 Å². The lowest BCUT2D eigenvalue weighted by Gasteiger charge is -2.32. The van der Waals surface area contributed by atoms with Crippen LogP contribution in [-0.2, 0) is 29.7 Å². The van der Waals surface area contributed by atoms with E-state index in [0.717, 1.165) is 38.3 Å². The number of rotatable bonds is 8. The van der Waals surface area contributed by atoms with E-state index in [0.29, 0.717) is 37.5 Å². The normalized spacial score (nSPS) is 16.0. The maximum absolute atomic E-state index is 12.2. The lowest BCUT2D eigenvalue weighted by Crippen LogP contribution is -2.43. The summed E-state index contributed by atoms with van der Waals surface area (Å²) in [4.78, 5) is 21.5. The lowest BCUT2D eigenvalue weighted by atomic mass is 9.96. The molecule has 1 aromatic carbocycles. The fraction of sp³-hybridized carbons (Fsp3) is 0.609. The fourth-order valence-electron chi connectivity index (χ4n) is 3.45. The Labute approximate surface area is 179 Å². The van der Waals surface area contributed by atoms with Crippen LogP contribution >= 0.6 is 0 Å². The first kappa shape index (κ1) is 22.4. The Morgan fingerprint density at radius 2 is 1.90 bits per heavy atom. The van der Waals surface area contributed by atoms with E-state index < -0.39 is 0 Å². The molecule has 30 heavy (non-hydrogen) atoms. The number of likely N-dealkylation sites (N-methyl/N-ethyl adjacent to an activating group) is 1. The van der Waals surface area contributed by atoms with Crippen molar-refractivity contribution in [3.05, 3.63) is 47.1 Å². The van der Waals surface area contributed by atoms with Gasteiger partial charge in [-0.05, 0) is 24.6 Å². The molecule has 0 aliphatic carbocycles. The third-order valence-corrected chi connectivity index (χ3v) is 5.42. The van der Waals surface area contributed by atoms with Crippen molar-refractivity contribution in [3.63, 3.8) is 0 Å². The second-order valence-electron chi connectivity index (χ2n) is 9.29. The number of piperazine rings is 1. The van der Waals surface area contributed by atoms with Crippen molar-refractivity contribution < 1.29 is 9.32 Å². The largest absolute Gasteiger partial charge is 0.352 e. The predicted molar refractivity (Wildman–Crippen MR) is 117 cm³/mol. The van der Waals surface area contributed by atoms with E-state index in [2.05, 4.69) is 77.3 Å². The van der Waals surface area contributed by atoms with E-state index >= 15 is 0 Å². The summed E-state index contributed by atoms with van der Waals surface area (Å²) in [5.41, 5.74) is 2.32. The molecule has 2 heterocycles. The van der Waals surface area contributed by atoms with Gasteiger partial charge in [-0.1, -0.05) is 50.2 Å². The second-order valence-corrected chi connectivity index (χ2v) is 9.29. The molecule has 7 heteroatoms. The Morgan fingerprint density at radius 1 is 1.17 bits per heavy atom. The summed E-state index contributed by atoms with van der Waals surface area (Å²) in [5, 5.41) is 7.05. The molecule has 0 unspecified atom stereocenters. The molecule has 1 fully saturated rings. The van der Waals surface area contributed by atoms with Crippen molar-refractivity contribution in [1.29, 1.82) is 0 Å². The predicted octanol–water partition coefficient (Wildman–Crippen LogP) is 2.75. The van der Waals surface area contributed by atoms with Gasteiger partial charge in [0.25, 0.3) is 0 Å². The zero-order valence-corrected chi connectivity index (χ0v) is 18.8. The third kappa shape index (κ3) is 6.92. The highest BCUT2D eigenvalue weighted by Crippen LogP contribution is 2.19. The summed E-state index contributed by atoms with van der Waals surface area (Å²) >= 11 is 0. The molecule has 164 valence electrons. The summed E-state index contributed by atoms with van der Waals surface area (Å²) in [7, 11) is 2.17. The first-order chi connectivity index (χ1) is 14.3. The van der Waals surface area contributed by atoms with Gasteiger partial charge < -0.3 is 14.7 Å². The Hall–Kier alpha value is -2.25. The van der Waals surface area contributed by atoms with Crippen LogP contribution < -0.4 is 5.32 Å². The number of aromatic nitrogens is 2. The highest BCUT2D eigenvalue weighted by Gasteiger charge is 2.20. The number of nitrogens with zero attached hydrogens (tertiary/aromatic N) is 4. The molecular formula is C23H35N5O2. The smallest absolute Gasteiger partial charge is 0.226 e. The molecule has 0 saturated carbocycles. The van der Waals surface area contributed by atoms with Gasteiger partial charge in [0.15, 0.2) is 5.82 Å². The van der Waals surface area contributed by atoms with Crippen molar-refractivity contribution in [3.8, 4) is 0 Å². The summed E-state index contributed by atoms with van der Waals surface area (Å²) in [6.45, 7) is 12.1. The average Bonchev–Trinajstić information content (AvgIpc) is 3.18. The van der Waals surface area contributed by atoms with E-state index in [9.17, 15) is 4.79 Å². The van der Waals surface area contributed by atoms with Crippen LogP contribution in [0.5, 0.6) is 0 Å². The van der Waals surface area contributed by atoms with Crippen LogP contribution in [0.15, 0.2) is 28.8 Å². The van der Waals surface area contributed by atoms with E-state index in [1.165, 1.54) is 5.56 Å². The molecule has 0 radical (unpaired) electrons. The van der Waals surface area contributed by atoms with Gasteiger partial charge in [0.05, 0.1) is 0 Å². The SMILES string of the molecule is CN1CCN(Cc2cccc(CNC(=O)CCCc3nc(C(C)(C)C)no3)c2)CC1. The zero-order chi connectivity index (χ0) is 21.6. The molecule has 0 bridgehead atoms. The fourth-order valence-corrected chi connectivity index (χ4v) is 3.45. The van der Waals surface area contributed by atoms with Gasteiger partial charge in [-0.2, -0.15) is 4.98 Å². The molecule has 1 saturated heterocycles. The quantitative estimate of drug-likeness (QED) is 0.717. The maximum atomic E-state index is 12.2. The monoisotopic (exact) mass is 413 g/mol. The van der Waals surface area contributed by atoms with Gasteiger partial charge in [-0.15, -0.1) is 0 Å². The van der Waals surface area contributed by atoms with Crippen molar-refractivity contribution in [1.82, 2.24) is 25.3 Å². The number of benzene rings is 1. The Morgan fingerprint density at radius 3 is 2.60 bits per heavy atom. The van der Waals surface area contributed by atoms with Gasteiger partial charge in [0, 0.05) is 57.5 Å². The number of hydrogen-bond donors (Lipinski definition) is 1. The van der Waals surface area contributed by atoms with Crippen molar-refractivity contribution in [2.24, 2.45) is 0 Å². The van der Waals surface area contributed by atoms with Crippen LogP contribution in [0, 0.1) is 0 Å². The minimum absolute atomic E-state index is 0.0510. The molecule has 7 nitrogen and oxygen atoms in total. The van der Waals surface area contributed by atoms with Crippen LogP contribution in [0.3, 0.4) is 0 Å². The zero-order valence-electron chi connectivity index (χ0n) is 18.8. The van der Waals surface area contributed by atoms with Gasteiger partial charge >= 0.3 is 0 Å². The number of nitrogens with one attached hydrogen (secondary N) is 1. The average molecular weight is 414 g/mol. The molecule has 1 N–H and O–H groups in total. The van der Waals surface area contributed by atoms with Crippen LogP contribution in [-0.4, -0.2) is 59.1 Å². The molecule has 1 aliphatic heterocycles. The summed E-state index contributed by atoms with van der Waals surface area (Å²) in [6.07, 6.45) is 1.77. The molecular weight excluding hydrogens is 378 g/mol. The Balaban J connectivity index is 1.38. The highest BCUT2D eigenvalue weighted by atomic mass is 16.5. The van der Waals surface area contributed by atoms with Gasteiger partial charge in [0.2, 0.25) is 11.8 Å². The number of carbonyl (C=O) groups excluding carboxylic acids is 1. The molecule has 1 aromatic heterocycles. The number of carbonyl (C=O) groups is 1. The van der Waals surface area contributed by atoms with Crippen molar-refractivity contribution in [2.75, 3.05) is 33.2 Å². The molecule has 1 aliphatic rings. The number of aryl methyl sites for hydroxylation is 1. The topological polar surface area (TPSA) is 74.5 Å². The van der Waals surface area contributed by atoms with Gasteiger partial charge in [-0.25, -0.2) is 0 Å². The van der Waals surface area contributed by atoms with Crippen LogP contribution in [0.25, 0.3) is 0 Å². The summed E-state index contributed by atoms with van der Waals surface area (Å²) in [5.74, 6) is 1.36. The minimum atomic E-state index is -0.127. The van der Waals surface area contributed by atoms with Gasteiger partial charge in [-0.3, -0.25) is 9.69 Å². The summed E-state index contributed by atoms with van der Waals surface area (Å²) in [6, 6.07) is 8.51. The molecule has 0 spiro atoms. The second kappa shape index (κ2) is 10.2. The standard InChI is InChI=1S/C23H35N5O2/c1-23(2,3)22-25-21(30-26-22)10-6-9-20(29)24-16-18-7-5-8-19(15-18)17-28-13-11-27(4)12-14-28/h5,7-8,15H,6,9-14,16-17H2,1-4H3,(H,24,29). The van der Waals surface area contributed by atoms with Crippen molar-refractivity contribution >= 4 is 5.91 Å². The first-order valence-corrected chi connectivity index (χ1v) is 10.9. The van der Waals surface area contributed by atoms with E-state index in [1.807, 2.05) is 0 Å². The molecule has 3 rings (SSSR count). The molecule has 0 atom stereocenters. The van der Waals surface area contributed by atoms with E-state index in [1.54, 1.807) is 0 Å². The Kier molecular flexibility index (Phi) is 7.61.